The predicted molar refractivity (Wildman–Crippen MR) is 105 cm³/mol. The third-order valence-electron chi connectivity index (χ3n) is 3.88. The number of hydrogen-bond acceptors (Lipinski definition) is 5. The molecule has 0 saturated heterocycles. The first-order chi connectivity index (χ1) is 13.2. The van der Waals surface area contributed by atoms with Gasteiger partial charge in [-0.15, -0.1) is 11.3 Å². The van der Waals surface area contributed by atoms with E-state index >= 15 is 0 Å². The summed E-state index contributed by atoms with van der Waals surface area (Å²) in [4.78, 5) is 13.1. The molecular formula is C20H16ClNO4S. The van der Waals surface area contributed by atoms with E-state index in [0.29, 0.717) is 52.7 Å². The number of thiophene rings is 1. The van der Waals surface area contributed by atoms with Crippen molar-refractivity contribution in [3.63, 3.8) is 0 Å². The summed E-state index contributed by atoms with van der Waals surface area (Å²) < 4.78 is 16.7. The van der Waals surface area contributed by atoms with Gasteiger partial charge in [0.25, 0.3) is 5.91 Å². The fourth-order valence-corrected chi connectivity index (χ4v) is 3.58. The average molecular weight is 402 g/mol. The summed E-state index contributed by atoms with van der Waals surface area (Å²) in [6.07, 6.45) is 0. The van der Waals surface area contributed by atoms with Gasteiger partial charge in [-0.2, -0.15) is 0 Å². The minimum atomic E-state index is -0.175. The van der Waals surface area contributed by atoms with E-state index in [1.807, 2.05) is 23.6 Å². The number of carbonyl (C=O) groups is 1. The molecule has 1 N–H and O–H groups in total. The monoisotopic (exact) mass is 401 g/mol. The van der Waals surface area contributed by atoms with Gasteiger partial charge in [0.2, 0.25) is 0 Å². The Balaban J connectivity index is 1.38. The molecule has 0 bridgehead atoms. The summed E-state index contributed by atoms with van der Waals surface area (Å²) in [6, 6.07) is 14.4. The molecule has 1 aromatic heterocycles. The molecule has 2 heterocycles. The lowest BCUT2D eigenvalue weighted by Gasteiger charge is -2.18. The molecule has 0 aliphatic carbocycles. The molecule has 1 aliphatic rings. The van der Waals surface area contributed by atoms with Crippen LogP contribution in [0.5, 0.6) is 17.2 Å². The Morgan fingerprint density at radius 3 is 2.81 bits per heavy atom. The van der Waals surface area contributed by atoms with Crippen LogP contribution in [-0.4, -0.2) is 19.1 Å². The second kappa shape index (κ2) is 7.90. The van der Waals surface area contributed by atoms with Gasteiger partial charge < -0.3 is 19.5 Å². The molecule has 27 heavy (non-hydrogen) atoms. The van der Waals surface area contributed by atoms with Crippen LogP contribution >= 0.6 is 22.9 Å². The van der Waals surface area contributed by atoms with E-state index in [1.54, 1.807) is 30.3 Å². The van der Waals surface area contributed by atoms with Crippen LogP contribution in [0.2, 0.25) is 5.02 Å². The van der Waals surface area contributed by atoms with Crippen LogP contribution in [0.25, 0.3) is 0 Å². The maximum Gasteiger partial charge on any atom is 0.265 e. The highest BCUT2D eigenvalue weighted by Crippen LogP contribution is 2.33. The van der Waals surface area contributed by atoms with Gasteiger partial charge in [0, 0.05) is 22.3 Å². The summed E-state index contributed by atoms with van der Waals surface area (Å²) >= 11 is 7.32. The van der Waals surface area contributed by atoms with Gasteiger partial charge in [-0.05, 0) is 41.8 Å². The standard InChI is InChI=1S/C20H16ClNO4S/c21-14-2-1-3-16(9-14)26-11-13-8-19(27-12-13)20(23)22-15-4-5-17-18(10-15)25-7-6-24-17/h1-5,8-10,12H,6-7,11H2,(H,22,23). The van der Waals surface area contributed by atoms with E-state index in [0.717, 1.165) is 5.56 Å². The number of anilines is 1. The van der Waals surface area contributed by atoms with Crippen molar-refractivity contribution in [1.29, 1.82) is 0 Å². The number of fused-ring (bicyclic) bond motifs is 1. The third kappa shape index (κ3) is 4.35. The Morgan fingerprint density at radius 2 is 1.96 bits per heavy atom. The second-order valence-electron chi connectivity index (χ2n) is 5.88. The number of amides is 1. The van der Waals surface area contributed by atoms with Gasteiger partial charge in [-0.25, -0.2) is 0 Å². The number of carbonyl (C=O) groups excluding carboxylic acids is 1. The highest BCUT2D eigenvalue weighted by Gasteiger charge is 2.14. The number of ether oxygens (including phenoxy) is 3. The van der Waals surface area contributed by atoms with Gasteiger partial charge in [0.15, 0.2) is 11.5 Å². The number of halogens is 1. The summed E-state index contributed by atoms with van der Waals surface area (Å²) in [6.45, 7) is 1.41. The average Bonchev–Trinajstić information content (AvgIpc) is 3.16. The zero-order valence-corrected chi connectivity index (χ0v) is 15.8. The highest BCUT2D eigenvalue weighted by molar-refractivity contribution is 7.12. The molecule has 0 spiro atoms. The van der Waals surface area contributed by atoms with E-state index in [1.165, 1.54) is 11.3 Å². The molecule has 1 amide bonds. The summed E-state index contributed by atoms with van der Waals surface area (Å²) in [7, 11) is 0. The van der Waals surface area contributed by atoms with Gasteiger partial charge in [-0.3, -0.25) is 4.79 Å². The Bertz CT molecular complexity index is 972. The first-order valence-corrected chi connectivity index (χ1v) is 9.60. The molecule has 7 heteroatoms. The van der Waals surface area contributed by atoms with Gasteiger partial charge in [-0.1, -0.05) is 17.7 Å². The molecule has 1 aliphatic heterocycles. The molecule has 0 atom stereocenters. The fraction of sp³-hybridized carbons (Fsp3) is 0.150. The fourth-order valence-electron chi connectivity index (χ4n) is 2.61. The third-order valence-corrected chi connectivity index (χ3v) is 5.09. The molecule has 0 radical (unpaired) electrons. The van der Waals surface area contributed by atoms with Gasteiger partial charge in [0.05, 0.1) is 4.88 Å². The number of nitrogens with one attached hydrogen (secondary N) is 1. The van der Waals surface area contributed by atoms with Crippen molar-refractivity contribution in [3.05, 3.63) is 69.4 Å². The van der Waals surface area contributed by atoms with Crippen molar-refractivity contribution in [2.45, 2.75) is 6.61 Å². The maximum atomic E-state index is 12.5. The van der Waals surface area contributed by atoms with E-state index in [-0.39, 0.29) is 5.91 Å². The molecule has 0 fully saturated rings. The van der Waals surface area contributed by atoms with Crippen molar-refractivity contribution < 1.29 is 19.0 Å². The van der Waals surface area contributed by atoms with Crippen LogP contribution in [0.3, 0.4) is 0 Å². The van der Waals surface area contributed by atoms with Crippen molar-refractivity contribution in [1.82, 2.24) is 0 Å². The van der Waals surface area contributed by atoms with Crippen LogP contribution in [0.15, 0.2) is 53.9 Å². The maximum absolute atomic E-state index is 12.5. The SMILES string of the molecule is O=C(Nc1ccc2c(c1)OCCO2)c1cc(COc2cccc(Cl)c2)cs1. The predicted octanol–water partition coefficient (Wildman–Crippen LogP) is 5.00. The lowest BCUT2D eigenvalue weighted by atomic mass is 10.2. The Kier molecular flexibility index (Phi) is 5.18. The molecule has 5 nitrogen and oxygen atoms in total. The summed E-state index contributed by atoms with van der Waals surface area (Å²) in [5, 5.41) is 5.41. The van der Waals surface area contributed by atoms with Crippen LogP contribution in [0, 0.1) is 0 Å². The van der Waals surface area contributed by atoms with E-state index in [4.69, 9.17) is 25.8 Å². The van der Waals surface area contributed by atoms with E-state index < -0.39 is 0 Å². The van der Waals surface area contributed by atoms with Crippen LogP contribution < -0.4 is 19.5 Å². The number of hydrogen-bond donors (Lipinski definition) is 1. The quantitative estimate of drug-likeness (QED) is 0.653. The van der Waals surface area contributed by atoms with Crippen molar-refractivity contribution in [3.8, 4) is 17.2 Å². The smallest absolute Gasteiger partial charge is 0.265 e. The number of benzene rings is 2. The van der Waals surface area contributed by atoms with Crippen LogP contribution in [0.4, 0.5) is 5.69 Å². The zero-order valence-electron chi connectivity index (χ0n) is 14.2. The van der Waals surface area contributed by atoms with E-state index in [2.05, 4.69) is 5.32 Å². The van der Waals surface area contributed by atoms with Crippen LogP contribution in [-0.2, 0) is 6.61 Å². The topological polar surface area (TPSA) is 56.8 Å². The largest absolute Gasteiger partial charge is 0.489 e. The highest BCUT2D eigenvalue weighted by atomic mass is 35.5. The van der Waals surface area contributed by atoms with Crippen LogP contribution in [0.1, 0.15) is 15.2 Å². The summed E-state index contributed by atoms with van der Waals surface area (Å²) in [5.74, 6) is 1.85. The Labute approximate surface area is 165 Å². The van der Waals surface area contributed by atoms with Gasteiger partial charge >= 0.3 is 0 Å². The van der Waals surface area contributed by atoms with Crippen molar-refractivity contribution >= 4 is 34.5 Å². The lowest BCUT2D eigenvalue weighted by molar-refractivity contribution is 0.103. The van der Waals surface area contributed by atoms with Crippen molar-refractivity contribution in [2.75, 3.05) is 18.5 Å². The molecule has 0 unspecified atom stereocenters. The molecular weight excluding hydrogens is 386 g/mol. The second-order valence-corrected chi connectivity index (χ2v) is 7.23. The van der Waals surface area contributed by atoms with Crippen molar-refractivity contribution in [2.24, 2.45) is 0 Å². The lowest BCUT2D eigenvalue weighted by Crippen LogP contribution is -2.16. The first-order valence-electron chi connectivity index (χ1n) is 8.34. The van der Waals surface area contributed by atoms with E-state index in [9.17, 15) is 4.79 Å². The minimum Gasteiger partial charge on any atom is -0.489 e. The Morgan fingerprint density at radius 1 is 1.11 bits per heavy atom. The number of rotatable bonds is 5. The minimum absolute atomic E-state index is 0.175. The van der Waals surface area contributed by atoms with Gasteiger partial charge in [0.1, 0.15) is 25.6 Å². The normalized spacial score (nSPS) is 12.5. The first kappa shape index (κ1) is 17.7. The summed E-state index contributed by atoms with van der Waals surface area (Å²) in [5.41, 5.74) is 1.58. The molecule has 138 valence electrons. The molecule has 4 rings (SSSR count). The molecule has 2 aromatic carbocycles. The molecule has 0 saturated carbocycles. The zero-order chi connectivity index (χ0) is 18.6. The molecule has 3 aromatic rings. The Hall–Kier alpha value is -2.70.